The summed E-state index contributed by atoms with van der Waals surface area (Å²) in [5.74, 6) is 0.198. The van der Waals surface area contributed by atoms with E-state index in [4.69, 9.17) is 0 Å². The molecule has 1 heterocycles. The summed E-state index contributed by atoms with van der Waals surface area (Å²) in [7, 11) is 0. The summed E-state index contributed by atoms with van der Waals surface area (Å²) < 4.78 is 1.31. The third kappa shape index (κ3) is 4.27. The van der Waals surface area contributed by atoms with Crippen molar-refractivity contribution in [2.75, 3.05) is 6.54 Å². The normalized spacial score (nSPS) is 10.6. The molecule has 0 unspecified atom stereocenters. The van der Waals surface area contributed by atoms with Crippen LogP contribution in [0.15, 0.2) is 47.5 Å². The molecule has 0 saturated heterocycles. The van der Waals surface area contributed by atoms with E-state index in [0.717, 1.165) is 5.56 Å². The quantitative estimate of drug-likeness (QED) is 0.909. The molecule has 2 rings (SSSR count). The second-order valence-electron chi connectivity index (χ2n) is 5.30. The van der Waals surface area contributed by atoms with Crippen molar-refractivity contribution in [1.82, 2.24) is 14.9 Å². The van der Waals surface area contributed by atoms with Crippen LogP contribution in [0.5, 0.6) is 0 Å². The molecule has 0 aliphatic rings. The molecule has 1 aromatic carbocycles. The Morgan fingerprint density at radius 1 is 1.29 bits per heavy atom. The lowest BCUT2D eigenvalue weighted by Gasteiger charge is -2.09. The van der Waals surface area contributed by atoms with Gasteiger partial charge in [0.2, 0.25) is 5.91 Å². The van der Waals surface area contributed by atoms with Crippen molar-refractivity contribution in [3.05, 3.63) is 53.1 Å². The summed E-state index contributed by atoms with van der Waals surface area (Å²) in [6, 6.07) is 10.9. The molecular formula is C16H19N3O2. The Balaban J connectivity index is 2.10. The maximum Gasteiger partial charge on any atom is 0.254 e. The third-order valence-electron chi connectivity index (χ3n) is 2.97. The van der Waals surface area contributed by atoms with Gasteiger partial charge < -0.3 is 5.32 Å². The number of rotatable bonds is 5. The summed E-state index contributed by atoms with van der Waals surface area (Å²) >= 11 is 0. The van der Waals surface area contributed by atoms with E-state index in [1.54, 1.807) is 0 Å². The van der Waals surface area contributed by atoms with E-state index in [1.165, 1.54) is 17.0 Å². The number of amides is 1. The average Bonchev–Trinajstić information content (AvgIpc) is 2.48. The Kier molecular flexibility index (Phi) is 4.87. The van der Waals surface area contributed by atoms with Crippen LogP contribution in [0.4, 0.5) is 0 Å². The fraction of sp³-hybridized carbons (Fsp3) is 0.312. The minimum Gasteiger partial charge on any atom is -0.354 e. The van der Waals surface area contributed by atoms with Crippen LogP contribution in [0.25, 0.3) is 11.3 Å². The summed E-state index contributed by atoms with van der Waals surface area (Å²) in [6.07, 6.45) is 1.42. The van der Waals surface area contributed by atoms with Crippen LogP contribution in [0.3, 0.4) is 0 Å². The first-order valence-corrected chi connectivity index (χ1v) is 6.95. The van der Waals surface area contributed by atoms with E-state index in [1.807, 2.05) is 44.2 Å². The number of carbonyl (C=O) groups is 1. The highest BCUT2D eigenvalue weighted by Crippen LogP contribution is 2.13. The molecule has 5 nitrogen and oxygen atoms in total. The van der Waals surface area contributed by atoms with Crippen molar-refractivity contribution in [2.45, 2.75) is 20.4 Å². The lowest BCUT2D eigenvalue weighted by atomic mass is 10.1. The SMILES string of the molecule is CC(C)CNC(=O)Cn1cnc(-c2ccccc2)cc1=O. The third-order valence-corrected chi connectivity index (χ3v) is 2.97. The molecule has 5 heteroatoms. The molecule has 110 valence electrons. The van der Waals surface area contributed by atoms with Crippen molar-refractivity contribution in [3.63, 3.8) is 0 Å². The molecule has 0 radical (unpaired) electrons. The molecule has 1 aromatic heterocycles. The molecule has 0 bridgehead atoms. The number of hydrogen-bond acceptors (Lipinski definition) is 3. The van der Waals surface area contributed by atoms with Crippen molar-refractivity contribution < 1.29 is 4.79 Å². The highest BCUT2D eigenvalue weighted by atomic mass is 16.2. The van der Waals surface area contributed by atoms with Crippen molar-refractivity contribution in [1.29, 1.82) is 0 Å². The predicted octanol–water partition coefficient (Wildman–Crippen LogP) is 1.68. The van der Waals surface area contributed by atoms with E-state index in [9.17, 15) is 9.59 Å². The number of nitrogens with zero attached hydrogens (tertiary/aromatic N) is 2. The van der Waals surface area contributed by atoms with E-state index >= 15 is 0 Å². The number of aromatic nitrogens is 2. The second-order valence-corrected chi connectivity index (χ2v) is 5.30. The zero-order valence-corrected chi connectivity index (χ0v) is 12.2. The standard InChI is InChI=1S/C16H19N3O2/c1-12(2)9-17-15(20)10-19-11-18-14(8-16(19)21)13-6-4-3-5-7-13/h3-8,11-12H,9-10H2,1-2H3,(H,17,20). The maximum absolute atomic E-state index is 12.0. The summed E-state index contributed by atoms with van der Waals surface area (Å²) in [5, 5.41) is 2.78. The summed E-state index contributed by atoms with van der Waals surface area (Å²) in [5.41, 5.74) is 1.26. The second kappa shape index (κ2) is 6.83. The fourth-order valence-electron chi connectivity index (χ4n) is 1.84. The van der Waals surface area contributed by atoms with Gasteiger partial charge in [-0.05, 0) is 5.92 Å². The molecule has 0 fully saturated rings. The van der Waals surface area contributed by atoms with Gasteiger partial charge in [-0.15, -0.1) is 0 Å². The Hall–Kier alpha value is -2.43. The van der Waals surface area contributed by atoms with Crippen LogP contribution in [0.2, 0.25) is 0 Å². The number of hydrogen-bond donors (Lipinski definition) is 1. The Labute approximate surface area is 123 Å². The van der Waals surface area contributed by atoms with Gasteiger partial charge in [0.05, 0.1) is 12.0 Å². The first-order chi connectivity index (χ1) is 10.1. The maximum atomic E-state index is 12.0. The Morgan fingerprint density at radius 3 is 2.62 bits per heavy atom. The van der Waals surface area contributed by atoms with Crippen LogP contribution in [0, 0.1) is 5.92 Å². The van der Waals surface area contributed by atoms with E-state index in [2.05, 4.69) is 10.3 Å². The minimum absolute atomic E-state index is 0.00633. The average molecular weight is 285 g/mol. The number of carbonyl (C=O) groups excluding carboxylic acids is 1. The summed E-state index contributed by atoms with van der Waals surface area (Å²) in [6.45, 7) is 4.63. The monoisotopic (exact) mass is 285 g/mol. The zero-order valence-electron chi connectivity index (χ0n) is 12.2. The largest absolute Gasteiger partial charge is 0.354 e. The van der Waals surface area contributed by atoms with Gasteiger partial charge >= 0.3 is 0 Å². The first-order valence-electron chi connectivity index (χ1n) is 6.95. The topological polar surface area (TPSA) is 64.0 Å². The molecule has 0 saturated carbocycles. The highest BCUT2D eigenvalue weighted by Gasteiger charge is 2.07. The van der Waals surface area contributed by atoms with Crippen LogP contribution in [-0.2, 0) is 11.3 Å². The van der Waals surface area contributed by atoms with E-state index < -0.39 is 0 Å². The van der Waals surface area contributed by atoms with Gasteiger partial charge in [0.1, 0.15) is 6.54 Å². The Bertz CT molecular complexity index is 663. The molecule has 0 aliphatic carbocycles. The van der Waals surface area contributed by atoms with Gasteiger partial charge in [-0.25, -0.2) is 4.98 Å². The minimum atomic E-state index is -0.233. The molecule has 2 aromatic rings. The van der Waals surface area contributed by atoms with Gasteiger partial charge in [-0.3, -0.25) is 14.2 Å². The van der Waals surface area contributed by atoms with Crippen molar-refractivity contribution in [2.24, 2.45) is 5.92 Å². The van der Waals surface area contributed by atoms with Gasteiger partial charge in [-0.2, -0.15) is 0 Å². The molecule has 1 N–H and O–H groups in total. The van der Waals surface area contributed by atoms with Crippen molar-refractivity contribution in [3.8, 4) is 11.3 Å². The zero-order chi connectivity index (χ0) is 15.2. The summed E-state index contributed by atoms with van der Waals surface area (Å²) in [4.78, 5) is 28.0. The van der Waals surface area contributed by atoms with Crippen LogP contribution in [0.1, 0.15) is 13.8 Å². The van der Waals surface area contributed by atoms with Crippen LogP contribution in [-0.4, -0.2) is 22.0 Å². The predicted molar refractivity (Wildman–Crippen MR) is 81.8 cm³/mol. The number of nitrogens with one attached hydrogen (secondary N) is 1. The van der Waals surface area contributed by atoms with E-state index in [-0.39, 0.29) is 18.0 Å². The van der Waals surface area contributed by atoms with Crippen molar-refractivity contribution >= 4 is 5.91 Å². The molecule has 1 amide bonds. The molecule has 0 atom stereocenters. The number of benzene rings is 1. The molecule has 0 aliphatic heterocycles. The first kappa shape index (κ1) is 15.0. The molecule has 0 spiro atoms. The smallest absolute Gasteiger partial charge is 0.254 e. The van der Waals surface area contributed by atoms with Crippen LogP contribution >= 0.6 is 0 Å². The molecular weight excluding hydrogens is 266 g/mol. The van der Waals surface area contributed by atoms with Crippen LogP contribution < -0.4 is 10.9 Å². The van der Waals surface area contributed by atoms with Gasteiger partial charge in [0, 0.05) is 18.2 Å². The lowest BCUT2D eigenvalue weighted by molar-refractivity contribution is -0.121. The lowest BCUT2D eigenvalue weighted by Crippen LogP contribution is -2.34. The van der Waals surface area contributed by atoms with Gasteiger partial charge in [0.15, 0.2) is 0 Å². The van der Waals surface area contributed by atoms with Gasteiger partial charge in [-0.1, -0.05) is 44.2 Å². The van der Waals surface area contributed by atoms with E-state index in [0.29, 0.717) is 18.2 Å². The van der Waals surface area contributed by atoms with Gasteiger partial charge in [0.25, 0.3) is 5.56 Å². The highest BCUT2D eigenvalue weighted by molar-refractivity contribution is 5.75. The Morgan fingerprint density at radius 2 is 2.00 bits per heavy atom. The molecule has 21 heavy (non-hydrogen) atoms. The fourth-order valence-corrected chi connectivity index (χ4v) is 1.84.